The molecule has 6 nitrogen and oxygen atoms in total. The molecule has 0 bridgehead atoms. The van der Waals surface area contributed by atoms with Gasteiger partial charge < -0.3 is 14.8 Å². The number of nitrogens with zero attached hydrogens (tertiary/aromatic N) is 1. The van der Waals surface area contributed by atoms with E-state index in [1.807, 2.05) is 18.2 Å². The minimum absolute atomic E-state index is 0.0139. The number of fused-ring (bicyclic) bond motifs is 1. The van der Waals surface area contributed by atoms with Crippen molar-refractivity contribution in [3.05, 3.63) is 34.9 Å². The Bertz CT molecular complexity index is 732. The Morgan fingerprint density at radius 3 is 2.67 bits per heavy atom. The van der Waals surface area contributed by atoms with Crippen molar-refractivity contribution in [2.24, 2.45) is 5.92 Å². The zero-order valence-corrected chi connectivity index (χ0v) is 15.7. The molecule has 6 heteroatoms. The van der Waals surface area contributed by atoms with E-state index < -0.39 is 0 Å². The van der Waals surface area contributed by atoms with Crippen molar-refractivity contribution in [2.75, 3.05) is 13.7 Å². The maximum Gasteiger partial charge on any atom is 0.331 e. The molecule has 2 aliphatic carbocycles. The second-order valence-electron chi connectivity index (χ2n) is 7.39. The zero-order valence-electron chi connectivity index (χ0n) is 15.7. The van der Waals surface area contributed by atoms with Gasteiger partial charge >= 0.3 is 5.97 Å². The van der Waals surface area contributed by atoms with Crippen LogP contribution >= 0.6 is 0 Å². The van der Waals surface area contributed by atoms with Crippen molar-refractivity contribution < 1.29 is 19.1 Å². The second kappa shape index (κ2) is 9.01. The maximum atomic E-state index is 12.6. The summed E-state index contributed by atoms with van der Waals surface area (Å²) in [6.07, 6.45) is 5.88. The normalized spacial score (nSPS) is 24.4. The quantitative estimate of drug-likeness (QED) is 0.805. The molecule has 2 aliphatic rings. The summed E-state index contributed by atoms with van der Waals surface area (Å²) in [5.74, 6) is -0.313. The summed E-state index contributed by atoms with van der Waals surface area (Å²) in [7, 11) is 1.35. The fourth-order valence-corrected chi connectivity index (χ4v) is 3.89. The maximum absolute atomic E-state index is 12.6. The third-order valence-electron chi connectivity index (χ3n) is 5.55. The van der Waals surface area contributed by atoms with Crippen LogP contribution in [0.15, 0.2) is 18.2 Å². The number of aryl methyl sites for hydroxylation is 1. The van der Waals surface area contributed by atoms with Gasteiger partial charge in [0.1, 0.15) is 6.61 Å². The Hall–Kier alpha value is -2.39. The van der Waals surface area contributed by atoms with Gasteiger partial charge in [-0.2, -0.15) is 5.26 Å². The smallest absolute Gasteiger partial charge is 0.331 e. The first kappa shape index (κ1) is 19.4. The van der Waals surface area contributed by atoms with Gasteiger partial charge in [-0.05, 0) is 68.2 Å². The van der Waals surface area contributed by atoms with Gasteiger partial charge in [-0.3, -0.25) is 4.79 Å². The number of methoxy groups -OCH3 is 1. The summed E-state index contributed by atoms with van der Waals surface area (Å²) in [4.78, 5) is 23.7. The molecular weight excluding hydrogens is 344 g/mol. The molecule has 1 N–H and O–H groups in total. The van der Waals surface area contributed by atoms with E-state index in [-0.39, 0.29) is 36.5 Å². The zero-order chi connectivity index (χ0) is 19.2. The molecular formula is C21H26N2O4. The van der Waals surface area contributed by atoms with Crippen LogP contribution in [-0.4, -0.2) is 37.7 Å². The Morgan fingerprint density at radius 1 is 1.19 bits per heavy atom. The van der Waals surface area contributed by atoms with Crippen LogP contribution in [0.4, 0.5) is 0 Å². The lowest BCUT2D eigenvalue weighted by molar-refractivity contribution is -0.148. The number of amides is 1. The molecule has 0 aromatic heterocycles. The molecule has 1 aromatic rings. The standard InChI is InChI=1S/C21H26N2O4/c1-26-20(24)13-27-19-8-6-18(7-9-19)23-21(25)17-5-4-15-10-14(12-22)2-3-16(15)11-17/h4-5,11,14,18-19H,2-3,6-10,13H2,1H3,(H,23,25). The van der Waals surface area contributed by atoms with Crippen molar-refractivity contribution in [2.45, 2.75) is 57.1 Å². The third kappa shape index (κ3) is 5.08. The highest BCUT2D eigenvalue weighted by Gasteiger charge is 2.25. The molecule has 1 atom stereocenters. The molecule has 0 heterocycles. The van der Waals surface area contributed by atoms with Crippen LogP contribution < -0.4 is 5.32 Å². The second-order valence-corrected chi connectivity index (χ2v) is 7.39. The number of rotatable bonds is 5. The highest BCUT2D eigenvalue weighted by Crippen LogP contribution is 2.26. The van der Waals surface area contributed by atoms with Gasteiger partial charge in [-0.15, -0.1) is 0 Å². The van der Waals surface area contributed by atoms with E-state index in [0.717, 1.165) is 44.9 Å². The Kier molecular flexibility index (Phi) is 6.46. The van der Waals surface area contributed by atoms with Crippen LogP contribution in [0.3, 0.4) is 0 Å². The summed E-state index contributed by atoms with van der Waals surface area (Å²) < 4.78 is 10.1. The van der Waals surface area contributed by atoms with Crippen molar-refractivity contribution >= 4 is 11.9 Å². The molecule has 3 rings (SSSR count). The van der Waals surface area contributed by atoms with Crippen LogP contribution in [0.2, 0.25) is 0 Å². The van der Waals surface area contributed by atoms with E-state index in [2.05, 4.69) is 16.1 Å². The minimum Gasteiger partial charge on any atom is -0.467 e. The van der Waals surface area contributed by atoms with Gasteiger partial charge in [0, 0.05) is 11.6 Å². The molecule has 1 saturated carbocycles. The molecule has 0 spiro atoms. The first-order valence-corrected chi connectivity index (χ1v) is 9.59. The summed E-state index contributed by atoms with van der Waals surface area (Å²) in [5.41, 5.74) is 3.06. The molecule has 1 amide bonds. The number of carbonyl (C=O) groups excluding carboxylic acids is 2. The topological polar surface area (TPSA) is 88.4 Å². The minimum atomic E-state index is -0.362. The number of ether oxygens (including phenoxy) is 2. The fraction of sp³-hybridized carbons (Fsp3) is 0.571. The van der Waals surface area contributed by atoms with E-state index in [9.17, 15) is 9.59 Å². The number of carbonyl (C=O) groups is 2. The SMILES string of the molecule is COC(=O)COC1CCC(NC(=O)c2ccc3c(c2)CCC(C#N)C3)CC1. The Labute approximate surface area is 159 Å². The van der Waals surface area contributed by atoms with Crippen LogP contribution in [0.25, 0.3) is 0 Å². The van der Waals surface area contributed by atoms with Crippen molar-refractivity contribution in [1.82, 2.24) is 5.32 Å². The molecule has 1 aromatic carbocycles. The molecule has 1 unspecified atom stereocenters. The van der Waals surface area contributed by atoms with E-state index in [0.29, 0.717) is 5.56 Å². The monoisotopic (exact) mass is 370 g/mol. The van der Waals surface area contributed by atoms with Gasteiger partial charge in [0.15, 0.2) is 0 Å². The van der Waals surface area contributed by atoms with Crippen LogP contribution in [0.1, 0.15) is 53.6 Å². The number of hydrogen-bond donors (Lipinski definition) is 1. The average molecular weight is 370 g/mol. The van der Waals surface area contributed by atoms with Gasteiger partial charge in [0.2, 0.25) is 0 Å². The average Bonchev–Trinajstić information content (AvgIpc) is 2.72. The summed E-state index contributed by atoms with van der Waals surface area (Å²) >= 11 is 0. The lowest BCUT2D eigenvalue weighted by atomic mass is 9.84. The first-order valence-electron chi connectivity index (χ1n) is 9.59. The van der Waals surface area contributed by atoms with Gasteiger partial charge in [-0.1, -0.05) is 6.07 Å². The number of esters is 1. The van der Waals surface area contributed by atoms with Crippen LogP contribution in [-0.2, 0) is 27.1 Å². The van der Waals surface area contributed by atoms with Crippen molar-refractivity contribution in [3.63, 3.8) is 0 Å². The van der Waals surface area contributed by atoms with Gasteiger partial charge in [0.05, 0.1) is 25.2 Å². The lowest BCUT2D eigenvalue weighted by Crippen LogP contribution is -2.39. The molecule has 0 aliphatic heterocycles. The Morgan fingerprint density at radius 2 is 1.96 bits per heavy atom. The first-order chi connectivity index (χ1) is 13.1. The third-order valence-corrected chi connectivity index (χ3v) is 5.55. The Balaban J connectivity index is 1.49. The molecule has 144 valence electrons. The van der Waals surface area contributed by atoms with E-state index >= 15 is 0 Å². The highest BCUT2D eigenvalue weighted by molar-refractivity contribution is 5.94. The summed E-state index contributed by atoms with van der Waals surface area (Å²) in [5, 5.41) is 12.2. The molecule has 1 fully saturated rings. The highest BCUT2D eigenvalue weighted by atomic mass is 16.6. The van der Waals surface area contributed by atoms with E-state index in [4.69, 9.17) is 10.00 Å². The number of nitriles is 1. The van der Waals surface area contributed by atoms with Gasteiger partial charge in [0.25, 0.3) is 5.91 Å². The van der Waals surface area contributed by atoms with Crippen LogP contribution in [0, 0.1) is 17.2 Å². The van der Waals surface area contributed by atoms with Crippen molar-refractivity contribution in [3.8, 4) is 6.07 Å². The number of benzene rings is 1. The van der Waals surface area contributed by atoms with E-state index in [1.54, 1.807) is 0 Å². The number of nitrogens with one attached hydrogen (secondary N) is 1. The van der Waals surface area contributed by atoms with Gasteiger partial charge in [-0.25, -0.2) is 4.79 Å². The van der Waals surface area contributed by atoms with Crippen LogP contribution in [0.5, 0.6) is 0 Å². The van der Waals surface area contributed by atoms with Crippen molar-refractivity contribution in [1.29, 1.82) is 5.26 Å². The summed E-state index contributed by atoms with van der Waals surface area (Å²) in [6, 6.07) is 8.30. The fourth-order valence-electron chi connectivity index (χ4n) is 3.89. The van der Waals surface area contributed by atoms with E-state index in [1.165, 1.54) is 18.2 Å². The predicted molar refractivity (Wildman–Crippen MR) is 99.0 cm³/mol. The molecule has 0 radical (unpaired) electrons. The predicted octanol–water partition coefficient (Wildman–Crippen LogP) is 2.55. The number of hydrogen-bond acceptors (Lipinski definition) is 5. The molecule has 27 heavy (non-hydrogen) atoms. The summed E-state index contributed by atoms with van der Waals surface area (Å²) in [6.45, 7) is -0.0139. The molecule has 0 saturated heterocycles. The lowest BCUT2D eigenvalue weighted by Gasteiger charge is -2.29. The largest absolute Gasteiger partial charge is 0.467 e.